The minimum atomic E-state index is 0.330. The highest BCUT2D eigenvalue weighted by atomic mass is 16.5. The van der Waals surface area contributed by atoms with Gasteiger partial charge in [-0.25, -0.2) is 0 Å². The maximum atomic E-state index is 5.98. The first-order chi connectivity index (χ1) is 9.69. The molecule has 2 saturated heterocycles. The average molecular weight is 280 g/mol. The fourth-order valence-corrected chi connectivity index (χ4v) is 4.68. The van der Waals surface area contributed by atoms with E-state index in [-0.39, 0.29) is 0 Å². The van der Waals surface area contributed by atoms with Crippen LogP contribution in [0.3, 0.4) is 0 Å². The molecule has 116 valence electrons. The third kappa shape index (κ3) is 2.90. The van der Waals surface area contributed by atoms with Gasteiger partial charge in [-0.05, 0) is 58.3 Å². The van der Waals surface area contributed by atoms with Gasteiger partial charge in [0.2, 0.25) is 0 Å². The van der Waals surface area contributed by atoms with Gasteiger partial charge in [0.1, 0.15) is 0 Å². The molecule has 0 aromatic heterocycles. The van der Waals surface area contributed by atoms with Crippen LogP contribution in [0, 0.1) is 11.3 Å². The highest BCUT2D eigenvalue weighted by Crippen LogP contribution is 2.51. The van der Waals surface area contributed by atoms with Crippen LogP contribution >= 0.6 is 0 Å². The predicted molar refractivity (Wildman–Crippen MR) is 82.9 cm³/mol. The third-order valence-corrected chi connectivity index (χ3v) is 5.80. The molecule has 1 N–H and O–H groups in total. The molecule has 0 aromatic carbocycles. The van der Waals surface area contributed by atoms with Crippen molar-refractivity contribution in [2.24, 2.45) is 11.3 Å². The smallest absolute Gasteiger partial charge is 0.0684 e. The minimum Gasteiger partial charge on any atom is -0.377 e. The number of fused-ring (bicyclic) bond motifs is 1. The first-order valence-corrected chi connectivity index (χ1v) is 8.77. The molecule has 0 aromatic rings. The van der Waals surface area contributed by atoms with Gasteiger partial charge in [0.15, 0.2) is 0 Å². The fourth-order valence-electron chi connectivity index (χ4n) is 4.68. The molecule has 3 aliphatic rings. The molecule has 3 fully saturated rings. The second-order valence-corrected chi connectivity index (χ2v) is 7.61. The summed E-state index contributed by atoms with van der Waals surface area (Å²) in [6.07, 6.45) is 8.67. The Balaban J connectivity index is 1.37. The molecule has 3 heteroatoms. The summed E-state index contributed by atoms with van der Waals surface area (Å²) in [6.45, 7) is 10.8. The van der Waals surface area contributed by atoms with Gasteiger partial charge in [-0.3, -0.25) is 0 Å². The minimum absolute atomic E-state index is 0.330. The summed E-state index contributed by atoms with van der Waals surface area (Å²) in [6, 6.07) is 0.675. The first kappa shape index (κ1) is 14.8. The van der Waals surface area contributed by atoms with E-state index in [0.717, 1.165) is 12.5 Å². The second-order valence-electron chi connectivity index (χ2n) is 7.61. The molecular formula is C17H32N2O. The highest BCUT2D eigenvalue weighted by Gasteiger charge is 2.57. The summed E-state index contributed by atoms with van der Waals surface area (Å²) in [7, 11) is 0. The van der Waals surface area contributed by atoms with Crippen molar-refractivity contribution >= 4 is 0 Å². The van der Waals surface area contributed by atoms with Gasteiger partial charge in [-0.2, -0.15) is 0 Å². The summed E-state index contributed by atoms with van der Waals surface area (Å²) in [4.78, 5) is 2.64. The molecule has 3 atom stereocenters. The lowest BCUT2D eigenvalue weighted by Crippen LogP contribution is -2.69. The van der Waals surface area contributed by atoms with Gasteiger partial charge in [0.05, 0.1) is 6.10 Å². The third-order valence-electron chi connectivity index (χ3n) is 5.80. The van der Waals surface area contributed by atoms with Crippen LogP contribution in [-0.4, -0.2) is 49.8 Å². The molecule has 0 radical (unpaired) electrons. The lowest BCUT2D eigenvalue weighted by Gasteiger charge is -2.60. The van der Waals surface area contributed by atoms with Gasteiger partial charge in [0.25, 0.3) is 0 Å². The Morgan fingerprint density at radius 3 is 2.75 bits per heavy atom. The zero-order chi connectivity index (χ0) is 14.0. The molecule has 3 nitrogen and oxygen atoms in total. The first-order valence-electron chi connectivity index (χ1n) is 8.77. The molecule has 2 heterocycles. The Morgan fingerprint density at radius 1 is 1.15 bits per heavy atom. The van der Waals surface area contributed by atoms with Gasteiger partial charge in [-0.15, -0.1) is 0 Å². The van der Waals surface area contributed by atoms with E-state index in [2.05, 4.69) is 24.1 Å². The van der Waals surface area contributed by atoms with Crippen molar-refractivity contribution in [2.75, 3.05) is 32.8 Å². The summed E-state index contributed by atoms with van der Waals surface area (Å²) in [5.74, 6) is 0.772. The molecule has 3 unspecified atom stereocenters. The van der Waals surface area contributed by atoms with Crippen LogP contribution < -0.4 is 5.32 Å². The Kier molecular flexibility index (Phi) is 4.68. The Bertz CT molecular complexity index is 312. The summed E-state index contributed by atoms with van der Waals surface area (Å²) < 4.78 is 5.98. The lowest BCUT2D eigenvalue weighted by atomic mass is 9.55. The van der Waals surface area contributed by atoms with Crippen molar-refractivity contribution in [3.05, 3.63) is 0 Å². The summed E-state index contributed by atoms with van der Waals surface area (Å²) in [5, 5.41) is 3.84. The summed E-state index contributed by atoms with van der Waals surface area (Å²) >= 11 is 0. The topological polar surface area (TPSA) is 24.5 Å². The molecule has 0 bridgehead atoms. The fraction of sp³-hybridized carbons (Fsp3) is 1.00. The molecule has 3 rings (SSSR count). The maximum Gasteiger partial charge on any atom is 0.0684 e. The molecule has 1 aliphatic carbocycles. The largest absolute Gasteiger partial charge is 0.377 e. The normalized spacial score (nSPS) is 37.2. The van der Waals surface area contributed by atoms with Crippen molar-refractivity contribution in [1.82, 2.24) is 10.2 Å². The van der Waals surface area contributed by atoms with Crippen LogP contribution in [0.2, 0.25) is 0 Å². The number of piperidine rings is 1. The highest BCUT2D eigenvalue weighted by molar-refractivity contribution is 5.10. The number of nitrogens with zero attached hydrogens (tertiary/aromatic N) is 1. The number of hydrogen-bond acceptors (Lipinski definition) is 3. The van der Waals surface area contributed by atoms with E-state index in [0.29, 0.717) is 17.6 Å². The number of ether oxygens (including phenoxy) is 1. The van der Waals surface area contributed by atoms with E-state index < -0.39 is 0 Å². The number of rotatable bonds is 5. The van der Waals surface area contributed by atoms with E-state index in [1.165, 1.54) is 64.7 Å². The van der Waals surface area contributed by atoms with Crippen LogP contribution in [0.4, 0.5) is 0 Å². The van der Waals surface area contributed by atoms with Crippen LogP contribution in [0.25, 0.3) is 0 Å². The molecule has 20 heavy (non-hydrogen) atoms. The van der Waals surface area contributed by atoms with Gasteiger partial charge < -0.3 is 15.0 Å². The quantitative estimate of drug-likeness (QED) is 0.784. The molecule has 2 aliphatic heterocycles. The number of hydrogen-bond donors (Lipinski definition) is 1. The molecular weight excluding hydrogens is 248 g/mol. The zero-order valence-electron chi connectivity index (χ0n) is 13.4. The van der Waals surface area contributed by atoms with E-state index in [1.807, 2.05) is 0 Å². The van der Waals surface area contributed by atoms with Crippen molar-refractivity contribution in [3.8, 4) is 0 Å². The number of nitrogens with one attached hydrogen (secondary N) is 1. The SMILES string of the molecule is CC1(C)C(NCCCN2CCCCC2)C2CCCOC21. The van der Waals surface area contributed by atoms with Gasteiger partial charge >= 0.3 is 0 Å². The van der Waals surface area contributed by atoms with Gasteiger partial charge in [-0.1, -0.05) is 20.3 Å². The van der Waals surface area contributed by atoms with Gasteiger partial charge in [0, 0.05) is 24.0 Å². The molecule has 0 amide bonds. The monoisotopic (exact) mass is 280 g/mol. The van der Waals surface area contributed by atoms with Crippen molar-refractivity contribution in [2.45, 2.75) is 64.5 Å². The van der Waals surface area contributed by atoms with E-state index in [1.54, 1.807) is 0 Å². The Labute approximate surface area is 124 Å². The average Bonchev–Trinajstić information content (AvgIpc) is 2.48. The van der Waals surface area contributed by atoms with Crippen LogP contribution in [0.5, 0.6) is 0 Å². The van der Waals surface area contributed by atoms with Crippen molar-refractivity contribution in [1.29, 1.82) is 0 Å². The van der Waals surface area contributed by atoms with E-state index >= 15 is 0 Å². The van der Waals surface area contributed by atoms with Crippen LogP contribution in [0.1, 0.15) is 52.4 Å². The lowest BCUT2D eigenvalue weighted by molar-refractivity contribution is -0.192. The molecule has 0 spiro atoms. The maximum absolute atomic E-state index is 5.98. The van der Waals surface area contributed by atoms with E-state index in [9.17, 15) is 0 Å². The Hall–Kier alpha value is -0.120. The zero-order valence-corrected chi connectivity index (χ0v) is 13.4. The predicted octanol–water partition coefficient (Wildman–Crippen LogP) is 2.66. The summed E-state index contributed by atoms with van der Waals surface area (Å²) in [5.41, 5.74) is 0.330. The standard InChI is InChI=1S/C17H32N2O/c1-17(2)15(14-8-6-13-20-16(14)17)18-9-7-12-19-10-4-3-5-11-19/h14-16,18H,3-13H2,1-2H3. The van der Waals surface area contributed by atoms with Crippen LogP contribution in [-0.2, 0) is 4.74 Å². The molecule has 1 saturated carbocycles. The second kappa shape index (κ2) is 6.33. The van der Waals surface area contributed by atoms with Crippen molar-refractivity contribution < 1.29 is 4.74 Å². The van der Waals surface area contributed by atoms with Crippen LogP contribution in [0.15, 0.2) is 0 Å². The Morgan fingerprint density at radius 2 is 1.95 bits per heavy atom. The van der Waals surface area contributed by atoms with Crippen molar-refractivity contribution in [3.63, 3.8) is 0 Å². The number of likely N-dealkylation sites (tertiary alicyclic amines) is 1. The van der Waals surface area contributed by atoms with E-state index in [4.69, 9.17) is 4.74 Å².